The fraction of sp³-hybridized carbons (Fsp3) is 0.471. The first-order chi connectivity index (χ1) is 11.5. The van der Waals surface area contributed by atoms with Crippen LogP contribution in [0, 0.1) is 5.82 Å². The van der Waals surface area contributed by atoms with Crippen LogP contribution in [0.1, 0.15) is 31.6 Å². The van der Waals surface area contributed by atoms with Crippen LogP contribution < -0.4 is 4.90 Å². The molecule has 3 rings (SSSR count). The van der Waals surface area contributed by atoms with E-state index in [0.29, 0.717) is 42.5 Å². The van der Waals surface area contributed by atoms with Crippen molar-refractivity contribution in [3.63, 3.8) is 0 Å². The number of halogens is 1. The van der Waals surface area contributed by atoms with Gasteiger partial charge in [-0.05, 0) is 24.6 Å². The second-order valence-electron chi connectivity index (χ2n) is 6.20. The van der Waals surface area contributed by atoms with Gasteiger partial charge in [0, 0.05) is 39.2 Å². The smallest absolute Gasteiger partial charge is 0.231 e. The Morgan fingerprint density at radius 2 is 2.25 bits per heavy atom. The monoisotopic (exact) mass is 332 g/mol. The van der Waals surface area contributed by atoms with Crippen molar-refractivity contribution in [1.82, 2.24) is 15.0 Å². The fourth-order valence-electron chi connectivity index (χ4n) is 2.94. The molecule has 0 saturated carbocycles. The average molecular weight is 332 g/mol. The van der Waals surface area contributed by atoms with Gasteiger partial charge in [0.25, 0.3) is 0 Å². The number of benzene rings is 1. The molecule has 1 aromatic heterocycles. The summed E-state index contributed by atoms with van der Waals surface area (Å²) in [6, 6.07) is 4.87. The van der Waals surface area contributed by atoms with Crippen molar-refractivity contribution >= 4 is 11.6 Å². The minimum Gasteiger partial charge on any atom is -0.375 e. The number of hydrogen-bond donors (Lipinski definition) is 0. The zero-order chi connectivity index (χ0) is 17.3. The Balaban J connectivity index is 1.77. The number of carbonyl (C=O) groups is 1. The molecule has 0 unspecified atom stereocenters. The van der Waals surface area contributed by atoms with Crippen LogP contribution in [0.4, 0.5) is 10.1 Å². The van der Waals surface area contributed by atoms with Crippen LogP contribution >= 0.6 is 0 Å². The van der Waals surface area contributed by atoms with Crippen LogP contribution in [0.5, 0.6) is 0 Å². The quantitative estimate of drug-likeness (QED) is 0.861. The Bertz CT molecular complexity index is 744. The highest BCUT2D eigenvalue weighted by molar-refractivity contribution is 5.76. The van der Waals surface area contributed by atoms with Gasteiger partial charge in [-0.2, -0.15) is 4.98 Å². The summed E-state index contributed by atoms with van der Waals surface area (Å²) in [5, 5.41) is 3.97. The van der Waals surface area contributed by atoms with Gasteiger partial charge in [0.2, 0.25) is 17.6 Å². The number of amides is 1. The molecule has 7 heteroatoms. The van der Waals surface area contributed by atoms with Gasteiger partial charge in [0.15, 0.2) is 0 Å². The summed E-state index contributed by atoms with van der Waals surface area (Å²) >= 11 is 0. The summed E-state index contributed by atoms with van der Waals surface area (Å²) in [7, 11) is 3.57. The molecular weight excluding hydrogens is 311 g/mol. The maximum Gasteiger partial charge on any atom is 0.231 e. The van der Waals surface area contributed by atoms with Gasteiger partial charge in [0.05, 0.1) is 11.6 Å². The van der Waals surface area contributed by atoms with Crippen LogP contribution in [0.25, 0.3) is 11.4 Å². The summed E-state index contributed by atoms with van der Waals surface area (Å²) in [4.78, 5) is 19.7. The van der Waals surface area contributed by atoms with Crippen molar-refractivity contribution in [1.29, 1.82) is 0 Å². The van der Waals surface area contributed by atoms with Crippen LogP contribution in [0.2, 0.25) is 0 Å². The van der Waals surface area contributed by atoms with Gasteiger partial charge in [-0.1, -0.05) is 12.1 Å². The molecule has 0 spiro atoms. The van der Waals surface area contributed by atoms with Gasteiger partial charge >= 0.3 is 0 Å². The first-order valence-electron chi connectivity index (χ1n) is 8.08. The minimum atomic E-state index is -0.329. The third-order valence-electron chi connectivity index (χ3n) is 4.32. The number of likely N-dealkylation sites (tertiary alicyclic amines) is 1. The molecule has 0 aliphatic carbocycles. The lowest BCUT2D eigenvalue weighted by atomic mass is 10.1. The topological polar surface area (TPSA) is 62.5 Å². The van der Waals surface area contributed by atoms with E-state index in [4.69, 9.17) is 4.52 Å². The van der Waals surface area contributed by atoms with E-state index >= 15 is 0 Å². The number of aromatic nitrogens is 2. The lowest BCUT2D eigenvalue weighted by molar-refractivity contribution is -0.129. The molecule has 1 saturated heterocycles. The molecule has 128 valence electrons. The second-order valence-corrected chi connectivity index (χ2v) is 6.20. The standard InChI is InChI=1S/C17H21FN4O2/c1-4-15(23)22-8-7-12(10-22)17-19-16(20-24-17)11-5-6-14(21(2)3)13(18)9-11/h5-6,9,12H,4,7-8,10H2,1-3H3/t12-/m1/s1. The van der Waals surface area contributed by atoms with Gasteiger partial charge < -0.3 is 14.3 Å². The van der Waals surface area contributed by atoms with E-state index in [1.807, 2.05) is 11.8 Å². The van der Waals surface area contributed by atoms with E-state index in [2.05, 4.69) is 10.1 Å². The molecular formula is C17H21FN4O2. The maximum absolute atomic E-state index is 14.1. The predicted molar refractivity (Wildman–Crippen MR) is 88.2 cm³/mol. The fourth-order valence-corrected chi connectivity index (χ4v) is 2.94. The Labute approximate surface area is 140 Å². The minimum absolute atomic E-state index is 0.0487. The third kappa shape index (κ3) is 3.11. The molecule has 1 fully saturated rings. The van der Waals surface area contributed by atoms with Crippen LogP contribution in [0.3, 0.4) is 0 Å². The Kier molecular flexibility index (Phi) is 4.51. The molecule has 1 atom stereocenters. The highest BCUT2D eigenvalue weighted by Crippen LogP contribution is 2.29. The molecule has 1 aliphatic rings. The second kappa shape index (κ2) is 6.59. The van der Waals surface area contributed by atoms with Crippen molar-refractivity contribution < 1.29 is 13.7 Å². The molecule has 2 heterocycles. The van der Waals surface area contributed by atoms with Gasteiger partial charge in [-0.25, -0.2) is 4.39 Å². The van der Waals surface area contributed by atoms with Crippen molar-refractivity contribution in [2.75, 3.05) is 32.1 Å². The maximum atomic E-state index is 14.1. The predicted octanol–water partition coefficient (Wildman–Crippen LogP) is 2.67. The first-order valence-corrected chi connectivity index (χ1v) is 8.08. The van der Waals surface area contributed by atoms with Crippen molar-refractivity contribution in [2.24, 2.45) is 0 Å². The molecule has 2 aromatic rings. The molecule has 0 bridgehead atoms. The third-order valence-corrected chi connectivity index (χ3v) is 4.32. The zero-order valence-electron chi connectivity index (χ0n) is 14.1. The number of nitrogens with zero attached hydrogens (tertiary/aromatic N) is 4. The Morgan fingerprint density at radius 1 is 1.46 bits per heavy atom. The molecule has 24 heavy (non-hydrogen) atoms. The van der Waals surface area contributed by atoms with E-state index in [1.165, 1.54) is 6.07 Å². The van der Waals surface area contributed by atoms with Crippen LogP contribution in [-0.4, -0.2) is 48.1 Å². The summed E-state index contributed by atoms with van der Waals surface area (Å²) in [6.07, 6.45) is 1.31. The largest absolute Gasteiger partial charge is 0.375 e. The number of carbonyl (C=O) groups excluding carboxylic acids is 1. The van der Waals surface area contributed by atoms with E-state index in [9.17, 15) is 9.18 Å². The average Bonchev–Trinajstić information content (AvgIpc) is 3.22. The van der Waals surface area contributed by atoms with Crippen LogP contribution in [-0.2, 0) is 4.79 Å². The molecule has 1 amide bonds. The van der Waals surface area contributed by atoms with Crippen molar-refractivity contribution in [2.45, 2.75) is 25.7 Å². The highest BCUT2D eigenvalue weighted by Gasteiger charge is 2.30. The highest BCUT2D eigenvalue weighted by atomic mass is 19.1. The molecule has 1 aliphatic heterocycles. The summed E-state index contributed by atoms with van der Waals surface area (Å²) in [5.41, 5.74) is 1.08. The van der Waals surface area contributed by atoms with E-state index < -0.39 is 0 Å². The van der Waals surface area contributed by atoms with Gasteiger partial charge in [0.1, 0.15) is 5.82 Å². The van der Waals surface area contributed by atoms with Crippen LogP contribution in [0.15, 0.2) is 22.7 Å². The van der Waals surface area contributed by atoms with E-state index in [-0.39, 0.29) is 17.6 Å². The van der Waals surface area contributed by atoms with E-state index in [0.717, 1.165) is 6.42 Å². The number of anilines is 1. The summed E-state index contributed by atoms with van der Waals surface area (Å²) in [5.74, 6) is 0.735. The normalized spacial score (nSPS) is 17.3. The molecule has 0 N–H and O–H groups in total. The molecule has 0 radical (unpaired) electrons. The van der Waals surface area contributed by atoms with Gasteiger partial charge in [-0.3, -0.25) is 4.79 Å². The number of hydrogen-bond acceptors (Lipinski definition) is 5. The Hall–Kier alpha value is -2.44. The Morgan fingerprint density at radius 3 is 2.92 bits per heavy atom. The van der Waals surface area contributed by atoms with Gasteiger partial charge in [-0.15, -0.1) is 0 Å². The molecule has 1 aromatic carbocycles. The number of rotatable bonds is 4. The summed E-state index contributed by atoms with van der Waals surface area (Å²) < 4.78 is 19.5. The van der Waals surface area contributed by atoms with E-state index in [1.54, 1.807) is 31.1 Å². The lowest BCUT2D eigenvalue weighted by Crippen LogP contribution is -2.27. The van der Waals surface area contributed by atoms with Crippen molar-refractivity contribution in [3.05, 3.63) is 29.9 Å². The zero-order valence-corrected chi connectivity index (χ0v) is 14.1. The SMILES string of the molecule is CCC(=O)N1CC[C@@H](c2nc(-c3ccc(N(C)C)c(F)c3)no2)C1. The summed E-state index contributed by atoms with van der Waals surface area (Å²) in [6.45, 7) is 3.16. The first kappa shape index (κ1) is 16.4. The lowest BCUT2D eigenvalue weighted by Gasteiger charge is -2.14. The van der Waals surface area contributed by atoms with Crippen molar-refractivity contribution in [3.8, 4) is 11.4 Å². The molecule has 6 nitrogen and oxygen atoms in total.